The normalized spacial score (nSPS) is 15.0. The molecule has 4 rings (SSSR count). The summed E-state index contributed by atoms with van der Waals surface area (Å²) in [5.41, 5.74) is 1.80. The number of benzene rings is 1. The Morgan fingerprint density at radius 2 is 1.83 bits per heavy atom. The van der Waals surface area contributed by atoms with Gasteiger partial charge in [0.25, 0.3) is 0 Å². The second kappa shape index (κ2) is 5.17. The van der Waals surface area contributed by atoms with Crippen LogP contribution in [0.3, 0.4) is 0 Å². The van der Waals surface area contributed by atoms with Crippen molar-refractivity contribution in [3.05, 3.63) is 58.6 Å². The van der Waals surface area contributed by atoms with E-state index >= 15 is 0 Å². The van der Waals surface area contributed by atoms with Crippen LogP contribution < -0.4 is 10.6 Å². The molecule has 1 aliphatic heterocycles. The Balaban J connectivity index is 2.01. The molecule has 0 spiro atoms. The Bertz CT molecular complexity index is 930. The molecule has 0 unspecified atom stereocenters. The number of aliphatic hydroxyl groups excluding tert-OH is 1. The molecular formula is C17H16N4O2. The minimum absolute atomic E-state index is 0.359. The van der Waals surface area contributed by atoms with Crippen molar-refractivity contribution < 1.29 is 5.11 Å². The monoisotopic (exact) mass is 308 g/mol. The van der Waals surface area contributed by atoms with Gasteiger partial charge in [0.1, 0.15) is 5.82 Å². The summed E-state index contributed by atoms with van der Waals surface area (Å²) in [5.74, 6) is 0.593. The summed E-state index contributed by atoms with van der Waals surface area (Å²) in [6.07, 6.45) is -0.359. The number of para-hydroxylation sites is 1. The van der Waals surface area contributed by atoms with E-state index in [1.54, 1.807) is 0 Å². The van der Waals surface area contributed by atoms with Crippen molar-refractivity contribution in [1.29, 1.82) is 0 Å². The molecule has 0 aliphatic carbocycles. The highest BCUT2D eigenvalue weighted by atomic mass is 16.3. The van der Waals surface area contributed by atoms with Crippen molar-refractivity contribution in [2.45, 2.75) is 13.0 Å². The molecule has 0 radical (unpaired) electrons. The van der Waals surface area contributed by atoms with Crippen LogP contribution in [0.4, 0.5) is 5.82 Å². The zero-order valence-corrected chi connectivity index (χ0v) is 12.7. The number of pyridine rings is 1. The van der Waals surface area contributed by atoms with Crippen LogP contribution >= 0.6 is 0 Å². The molecule has 0 atom stereocenters. The maximum atomic E-state index is 12.6. The van der Waals surface area contributed by atoms with E-state index in [1.807, 2.05) is 54.3 Å². The van der Waals surface area contributed by atoms with Crippen molar-refractivity contribution in [2.24, 2.45) is 0 Å². The lowest BCUT2D eigenvalue weighted by Crippen LogP contribution is -2.51. The van der Waals surface area contributed by atoms with E-state index in [9.17, 15) is 9.90 Å². The molecule has 3 aromatic rings. The standard InChI is InChI=1S/C17H16N4O2/c1-11-7-8-14-15(20-9-13(22)10-20)19-17(23)21(16(14)18-11)12-5-3-2-4-6-12/h2-8,13,22H,9-10H2,1H3. The lowest BCUT2D eigenvalue weighted by Gasteiger charge is -2.37. The first kappa shape index (κ1) is 13.9. The van der Waals surface area contributed by atoms with Crippen molar-refractivity contribution in [3.8, 4) is 5.69 Å². The maximum Gasteiger partial charge on any atom is 0.355 e. The third kappa shape index (κ3) is 2.27. The fourth-order valence-corrected chi connectivity index (χ4v) is 2.86. The summed E-state index contributed by atoms with van der Waals surface area (Å²) in [4.78, 5) is 23.3. The molecule has 1 aliphatic rings. The smallest absolute Gasteiger partial charge is 0.355 e. The predicted octanol–water partition coefficient (Wildman–Crippen LogP) is 1.27. The van der Waals surface area contributed by atoms with Crippen LogP contribution in [-0.4, -0.2) is 38.8 Å². The number of nitrogens with zero attached hydrogens (tertiary/aromatic N) is 4. The molecule has 6 nitrogen and oxygen atoms in total. The van der Waals surface area contributed by atoms with E-state index < -0.39 is 0 Å². The lowest BCUT2D eigenvalue weighted by molar-refractivity contribution is 0.141. The third-order valence-electron chi connectivity index (χ3n) is 4.04. The number of rotatable bonds is 2. The van der Waals surface area contributed by atoms with Crippen LogP contribution in [0.2, 0.25) is 0 Å². The Morgan fingerprint density at radius 1 is 1.09 bits per heavy atom. The van der Waals surface area contributed by atoms with Crippen LogP contribution in [0, 0.1) is 6.92 Å². The van der Waals surface area contributed by atoms with Crippen LogP contribution in [0.15, 0.2) is 47.3 Å². The summed E-state index contributed by atoms with van der Waals surface area (Å²) in [6, 6.07) is 13.2. The van der Waals surface area contributed by atoms with Crippen LogP contribution in [0.5, 0.6) is 0 Å². The SMILES string of the molecule is Cc1ccc2c(N3CC(O)C3)nc(=O)n(-c3ccccc3)c2n1. The van der Waals surface area contributed by atoms with Crippen LogP contribution in [-0.2, 0) is 0 Å². The van der Waals surface area contributed by atoms with Gasteiger partial charge in [0.05, 0.1) is 17.2 Å². The van der Waals surface area contributed by atoms with Crippen molar-refractivity contribution in [1.82, 2.24) is 14.5 Å². The van der Waals surface area contributed by atoms with Gasteiger partial charge in [-0.1, -0.05) is 18.2 Å². The highest BCUT2D eigenvalue weighted by molar-refractivity contribution is 5.88. The quantitative estimate of drug-likeness (QED) is 0.772. The van der Waals surface area contributed by atoms with Gasteiger partial charge in [-0.3, -0.25) is 0 Å². The van der Waals surface area contributed by atoms with Crippen molar-refractivity contribution in [2.75, 3.05) is 18.0 Å². The Kier molecular flexibility index (Phi) is 3.12. The molecule has 23 heavy (non-hydrogen) atoms. The van der Waals surface area contributed by atoms with Gasteiger partial charge in [-0.15, -0.1) is 0 Å². The van der Waals surface area contributed by atoms with E-state index in [2.05, 4.69) is 9.97 Å². The lowest BCUT2D eigenvalue weighted by atomic mass is 10.1. The first-order valence-corrected chi connectivity index (χ1v) is 7.52. The molecule has 1 aromatic carbocycles. The van der Waals surface area contributed by atoms with Crippen molar-refractivity contribution in [3.63, 3.8) is 0 Å². The Morgan fingerprint density at radius 3 is 2.52 bits per heavy atom. The molecule has 0 amide bonds. The zero-order chi connectivity index (χ0) is 16.0. The molecule has 1 saturated heterocycles. The van der Waals surface area contributed by atoms with E-state index in [-0.39, 0.29) is 11.8 Å². The molecule has 1 N–H and O–H groups in total. The number of anilines is 1. The first-order valence-electron chi connectivity index (χ1n) is 7.52. The summed E-state index contributed by atoms with van der Waals surface area (Å²) in [5, 5.41) is 10.3. The van der Waals surface area contributed by atoms with E-state index in [0.717, 1.165) is 16.8 Å². The summed E-state index contributed by atoms with van der Waals surface area (Å²) < 4.78 is 1.53. The molecular weight excluding hydrogens is 292 g/mol. The Hall–Kier alpha value is -2.73. The van der Waals surface area contributed by atoms with Crippen molar-refractivity contribution >= 4 is 16.9 Å². The van der Waals surface area contributed by atoms with Crippen LogP contribution in [0.1, 0.15) is 5.69 Å². The maximum absolute atomic E-state index is 12.6. The number of hydrogen-bond acceptors (Lipinski definition) is 5. The van der Waals surface area contributed by atoms with Gasteiger partial charge in [-0.25, -0.2) is 14.3 Å². The highest BCUT2D eigenvalue weighted by Gasteiger charge is 2.28. The molecule has 2 aromatic heterocycles. The molecule has 116 valence electrons. The second-order valence-corrected chi connectivity index (χ2v) is 5.77. The highest BCUT2D eigenvalue weighted by Crippen LogP contribution is 2.27. The topological polar surface area (TPSA) is 71.2 Å². The number of β-amino-alcohol motifs (C(OH)–C–C–N with tert-alkyl or cyclic N) is 1. The molecule has 6 heteroatoms. The van der Waals surface area contributed by atoms with Gasteiger partial charge in [-0.05, 0) is 31.2 Å². The van der Waals surface area contributed by atoms with Gasteiger partial charge in [0.2, 0.25) is 0 Å². The van der Waals surface area contributed by atoms with Gasteiger partial charge in [0, 0.05) is 18.8 Å². The summed E-state index contributed by atoms with van der Waals surface area (Å²) in [6.45, 7) is 2.88. The van der Waals surface area contributed by atoms with E-state index in [1.165, 1.54) is 4.57 Å². The number of hydrogen-bond donors (Lipinski definition) is 1. The number of aromatic nitrogens is 3. The first-order chi connectivity index (χ1) is 11.1. The van der Waals surface area contributed by atoms with Gasteiger partial charge < -0.3 is 10.0 Å². The van der Waals surface area contributed by atoms with Gasteiger partial charge in [0.15, 0.2) is 5.65 Å². The molecule has 0 saturated carbocycles. The minimum atomic E-state index is -0.363. The van der Waals surface area contributed by atoms with Gasteiger partial charge >= 0.3 is 5.69 Å². The fourth-order valence-electron chi connectivity index (χ4n) is 2.86. The molecule has 0 bridgehead atoms. The van der Waals surface area contributed by atoms with Crippen LogP contribution in [0.25, 0.3) is 16.7 Å². The number of fused-ring (bicyclic) bond motifs is 1. The molecule has 1 fully saturated rings. The second-order valence-electron chi connectivity index (χ2n) is 5.77. The minimum Gasteiger partial charge on any atom is -0.389 e. The summed E-state index contributed by atoms with van der Waals surface area (Å²) >= 11 is 0. The number of aryl methyl sites for hydroxylation is 1. The van der Waals surface area contributed by atoms with E-state index in [4.69, 9.17) is 0 Å². The largest absolute Gasteiger partial charge is 0.389 e. The average molecular weight is 308 g/mol. The average Bonchev–Trinajstić information content (AvgIpc) is 2.52. The van der Waals surface area contributed by atoms with Gasteiger partial charge in [-0.2, -0.15) is 4.98 Å². The Labute approximate surface area is 132 Å². The predicted molar refractivity (Wildman–Crippen MR) is 88.1 cm³/mol. The molecule has 3 heterocycles. The fraction of sp³-hybridized carbons (Fsp3) is 0.235. The number of aliphatic hydroxyl groups is 1. The zero-order valence-electron chi connectivity index (χ0n) is 12.7. The van der Waals surface area contributed by atoms with E-state index in [0.29, 0.717) is 24.6 Å². The summed E-state index contributed by atoms with van der Waals surface area (Å²) in [7, 11) is 0. The third-order valence-corrected chi connectivity index (χ3v) is 4.04.